The number of unbranched alkanes of at least 4 members (excludes halogenated alkanes) is 1. The lowest BCUT2D eigenvalue weighted by Gasteiger charge is -2.47. The molecule has 0 aromatic heterocycles. The molecule has 35 heavy (non-hydrogen) atoms. The fourth-order valence-electron chi connectivity index (χ4n) is 6.67. The fourth-order valence-corrected chi connectivity index (χ4v) is 6.67. The average molecular weight is 476 g/mol. The van der Waals surface area contributed by atoms with Crippen LogP contribution in [0.5, 0.6) is 0 Å². The van der Waals surface area contributed by atoms with Gasteiger partial charge in [-0.1, -0.05) is 49.7 Å². The van der Waals surface area contributed by atoms with Crippen LogP contribution in [0.4, 0.5) is 0 Å². The Balaban J connectivity index is 1.33. The number of fused-ring (bicyclic) bond motifs is 3. The minimum atomic E-state index is -0.417. The summed E-state index contributed by atoms with van der Waals surface area (Å²) in [6.07, 6.45) is 5.62. The van der Waals surface area contributed by atoms with E-state index in [1.165, 1.54) is 38.8 Å². The Morgan fingerprint density at radius 2 is 1.34 bits per heavy atom. The maximum atomic E-state index is 13.0. The molecule has 0 N–H and O–H groups in total. The van der Waals surface area contributed by atoms with E-state index in [9.17, 15) is 9.59 Å². The molecule has 186 valence electrons. The van der Waals surface area contributed by atoms with Crippen LogP contribution >= 0.6 is 0 Å². The van der Waals surface area contributed by atoms with Crippen LogP contribution in [0.3, 0.4) is 0 Å². The summed E-state index contributed by atoms with van der Waals surface area (Å²) in [5, 5.41) is 0. The minimum absolute atomic E-state index is 0.335. The average Bonchev–Trinajstić information content (AvgIpc) is 3.32. The van der Waals surface area contributed by atoms with Crippen LogP contribution in [0.1, 0.15) is 66.2 Å². The highest BCUT2D eigenvalue weighted by Gasteiger charge is 2.50. The van der Waals surface area contributed by atoms with Gasteiger partial charge in [0.1, 0.15) is 12.2 Å². The number of nitrogens with zero attached hydrogens (tertiary/aromatic N) is 1. The van der Waals surface area contributed by atoms with Gasteiger partial charge in [0.25, 0.3) is 0 Å². The number of likely N-dealkylation sites (tertiary alicyclic amines) is 1. The van der Waals surface area contributed by atoms with E-state index in [1.54, 1.807) is 24.3 Å². The number of carbonyl (C=O) groups is 2. The van der Waals surface area contributed by atoms with Crippen LogP contribution in [-0.2, 0) is 9.47 Å². The van der Waals surface area contributed by atoms with Gasteiger partial charge in [0.15, 0.2) is 0 Å². The summed E-state index contributed by atoms with van der Waals surface area (Å²) in [7, 11) is 0. The molecule has 0 bridgehead atoms. The second-order valence-corrected chi connectivity index (χ2v) is 10.6. The molecule has 2 aliphatic carbocycles. The summed E-state index contributed by atoms with van der Waals surface area (Å²) in [6.45, 7) is 5.79. The van der Waals surface area contributed by atoms with E-state index < -0.39 is 12.2 Å². The second-order valence-electron chi connectivity index (χ2n) is 10.6. The van der Waals surface area contributed by atoms with Gasteiger partial charge in [-0.25, -0.2) is 9.59 Å². The maximum Gasteiger partial charge on any atom is 0.338 e. The zero-order valence-electron chi connectivity index (χ0n) is 20.7. The molecular formula is C30H37NO4. The standard InChI is InChI=1S/C30H37NO4/c1-2-3-16-31-19-24-15-14-23-17-27(34-29(32)21-10-6-4-7-11-21)28(18-25(23)26(24)20-31)35-30(33)22-12-8-5-9-13-22/h4-13,23-28H,2-3,14-20H2,1H3. The van der Waals surface area contributed by atoms with E-state index in [0.29, 0.717) is 28.9 Å². The lowest BCUT2D eigenvalue weighted by atomic mass is 9.61. The van der Waals surface area contributed by atoms with Crippen molar-refractivity contribution in [2.24, 2.45) is 23.7 Å². The lowest BCUT2D eigenvalue weighted by molar-refractivity contribution is -0.0926. The van der Waals surface area contributed by atoms with Crippen LogP contribution in [0.15, 0.2) is 60.7 Å². The molecule has 2 aromatic rings. The molecule has 1 saturated heterocycles. The monoisotopic (exact) mass is 475 g/mol. The summed E-state index contributed by atoms with van der Waals surface area (Å²) >= 11 is 0. The SMILES string of the molecule is CCCCN1CC2CCC3CC(OC(=O)c4ccccc4)C(OC(=O)c4ccccc4)CC3C2C1. The number of ether oxygens (including phenoxy) is 2. The van der Waals surface area contributed by atoms with E-state index in [-0.39, 0.29) is 11.9 Å². The highest BCUT2D eigenvalue weighted by Crippen LogP contribution is 2.50. The second kappa shape index (κ2) is 10.9. The van der Waals surface area contributed by atoms with Gasteiger partial charge in [0.2, 0.25) is 0 Å². The molecule has 5 nitrogen and oxygen atoms in total. The normalized spacial score (nSPS) is 30.2. The predicted molar refractivity (Wildman–Crippen MR) is 135 cm³/mol. The quantitative estimate of drug-likeness (QED) is 0.488. The molecule has 0 spiro atoms. The van der Waals surface area contributed by atoms with Gasteiger partial charge < -0.3 is 14.4 Å². The van der Waals surface area contributed by atoms with E-state index in [0.717, 1.165) is 25.3 Å². The molecule has 2 saturated carbocycles. The summed E-state index contributed by atoms with van der Waals surface area (Å²) in [6, 6.07) is 18.2. The van der Waals surface area contributed by atoms with Crippen LogP contribution in [-0.4, -0.2) is 48.7 Å². The third-order valence-electron chi connectivity index (χ3n) is 8.45. The molecule has 1 aliphatic heterocycles. The Hall–Kier alpha value is -2.66. The van der Waals surface area contributed by atoms with E-state index in [4.69, 9.17) is 9.47 Å². The summed E-state index contributed by atoms with van der Waals surface area (Å²) in [5.41, 5.74) is 1.07. The van der Waals surface area contributed by atoms with E-state index >= 15 is 0 Å². The van der Waals surface area contributed by atoms with Crippen molar-refractivity contribution in [3.63, 3.8) is 0 Å². The number of esters is 2. The first kappa shape index (κ1) is 24.1. The van der Waals surface area contributed by atoms with Gasteiger partial charge in [0.05, 0.1) is 11.1 Å². The molecule has 3 aliphatic rings. The smallest absolute Gasteiger partial charge is 0.338 e. The highest BCUT2D eigenvalue weighted by molar-refractivity contribution is 5.90. The van der Waals surface area contributed by atoms with Gasteiger partial charge >= 0.3 is 11.9 Å². The first-order valence-electron chi connectivity index (χ1n) is 13.4. The molecule has 6 atom stereocenters. The number of benzene rings is 2. The zero-order chi connectivity index (χ0) is 24.2. The van der Waals surface area contributed by atoms with Crippen LogP contribution < -0.4 is 0 Å². The van der Waals surface area contributed by atoms with Gasteiger partial charge in [0, 0.05) is 13.1 Å². The van der Waals surface area contributed by atoms with E-state index in [1.807, 2.05) is 36.4 Å². The van der Waals surface area contributed by atoms with Crippen molar-refractivity contribution in [2.45, 2.75) is 57.7 Å². The van der Waals surface area contributed by atoms with Crippen molar-refractivity contribution in [3.8, 4) is 0 Å². The summed E-state index contributed by atoms with van der Waals surface area (Å²) in [4.78, 5) is 28.6. The molecule has 0 radical (unpaired) electrons. The van der Waals surface area contributed by atoms with Crippen LogP contribution in [0, 0.1) is 23.7 Å². The Labute approximate surface area is 208 Å². The van der Waals surface area contributed by atoms with Crippen molar-refractivity contribution >= 4 is 11.9 Å². The zero-order valence-corrected chi connectivity index (χ0v) is 20.7. The number of hydrogen-bond acceptors (Lipinski definition) is 5. The predicted octanol–water partition coefficient (Wildman–Crippen LogP) is 5.61. The van der Waals surface area contributed by atoms with Gasteiger partial charge in [-0.2, -0.15) is 0 Å². The molecule has 0 amide bonds. The Bertz CT molecular complexity index is 994. The molecule has 2 aromatic carbocycles. The molecule has 5 heteroatoms. The first-order valence-corrected chi connectivity index (χ1v) is 13.4. The largest absolute Gasteiger partial charge is 0.455 e. The number of carbonyl (C=O) groups excluding carboxylic acids is 2. The van der Waals surface area contributed by atoms with E-state index in [2.05, 4.69) is 11.8 Å². The van der Waals surface area contributed by atoms with Gasteiger partial charge in [-0.15, -0.1) is 0 Å². The third kappa shape index (κ3) is 5.45. The van der Waals surface area contributed by atoms with Crippen molar-refractivity contribution in [3.05, 3.63) is 71.8 Å². The van der Waals surface area contributed by atoms with Gasteiger partial charge in [-0.05, 0) is 86.6 Å². The molecule has 5 rings (SSSR count). The molecular weight excluding hydrogens is 438 g/mol. The summed E-state index contributed by atoms with van der Waals surface area (Å²) in [5.74, 6) is 1.74. The maximum absolute atomic E-state index is 13.0. The highest BCUT2D eigenvalue weighted by atomic mass is 16.6. The van der Waals surface area contributed by atoms with Crippen molar-refractivity contribution in [2.75, 3.05) is 19.6 Å². The Kier molecular flexibility index (Phi) is 7.52. The first-order chi connectivity index (χ1) is 17.1. The van der Waals surface area contributed by atoms with Crippen molar-refractivity contribution < 1.29 is 19.1 Å². The number of hydrogen-bond donors (Lipinski definition) is 0. The third-order valence-corrected chi connectivity index (χ3v) is 8.45. The van der Waals surface area contributed by atoms with Crippen LogP contribution in [0.25, 0.3) is 0 Å². The summed E-state index contributed by atoms with van der Waals surface area (Å²) < 4.78 is 12.1. The van der Waals surface area contributed by atoms with Crippen LogP contribution in [0.2, 0.25) is 0 Å². The Morgan fingerprint density at radius 1 is 0.771 bits per heavy atom. The van der Waals surface area contributed by atoms with Crippen molar-refractivity contribution in [1.82, 2.24) is 4.90 Å². The molecule has 3 fully saturated rings. The van der Waals surface area contributed by atoms with Gasteiger partial charge in [-0.3, -0.25) is 0 Å². The topological polar surface area (TPSA) is 55.8 Å². The molecule has 6 unspecified atom stereocenters. The Morgan fingerprint density at radius 3 is 1.94 bits per heavy atom. The molecule has 1 heterocycles. The number of rotatable bonds is 7. The lowest BCUT2D eigenvalue weighted by Crippen LogP contribution is -2.48. The minimum Gasteiger partial charge on any atom is -0.455 e. The van der Waals surface area contributed by atoms with Crippen molar-refractivity contribution in [1.29, 1.82) is 0 Å². The fraction of sp³-hybridized carbons (Fsp3) is 0.533.